The van der Waals surface area contributed by atoms with Crippen LogP contribution in [0.1, 0.15) is 23.7 Å². The van der Waals surface area contributed by atoms with Gasteiger partial charge in [-0.3, -0.25) is 9.89 Å². The van der Waals surface area contributed by atoms with E-state index in [1.807, 2.05) is 36.2 Å². The highest BCUT2D eigenvalue weighted by molar-refractivity contribution is 6.01. The third-order valence-electron chi connectivity index (χ3n) is 7.24. The molecule has 4 aromatic heterocycles. The van der Waals surface area contributed by atoms with Gasteiger partial charge in [-0.2, -0.15) is 5.10 Å². The van der Waals surface area contributed by atoms with E-state index in [0.29, 0.717) is 43.3 Å². The van der Waals surface area contributed by atoms with Gasteiger partial charge in [-0.1, -0.05) is 12.0 Å². The summed E-state index contributed by atoms with van der Waals surface area (Å²) in [6.45, 7) is 3.34. The number of H-pyrrole nitrogens is 1. The van der Waals surface area contributed by atoms with Crippen LogP contribution in [0.25, 0.3) is 27.7 Å². The first-order valence-corrected chi connectivity index (χ1v) is 13.5. The lowest BCUT2D eigenvalue weighted by molar-refractivity contribution is 0.0378. The van der Waals surface area contributed by atoms with Crippen LogP contribution in [0, 0.1) is 24.0 Å². The van der Waals surface area contributed by atoms with Crippen molar-refractivity contribution in [3.63, 3.8) is 0 Å². The van der Waals surface area contributed by atoms with E-state index < -0.39 is 35.3 Å². The first-order chi connectivity index (χ1) is 20.5. The number of aromatic nitrogens is 5. The Hall–Kier alpha value is -5.02. The zero-order valence-corrected chi connectivity index (χ0v) is 22.7. The molecule has 0 bridgehead atoms. The van der Waals surface area contributed by atoms with E-state index in [4.69, 9.17) is 20.9 Å². The number of carbonyl (C=O) groups is 1. The van der Waals surface area contributed by atoms with Crippen molar-refractivity contribution in [2.45, 2.75) is 25.5 Å². The van der Waals surface area contributed by atoms with Crippen molar-refractivity contribution in [1.29, 1.82) is 0 Å². The minimum Gasteiger partial charge on any atom is -0.492 e. The molecule has 12 heteroatoms. The summed E-state index contributed by atoms with van der Waals surface area (Å²) >= 11 is 0. The zero-order valence-electron chi connectivity index (χ0n) is 22.7. The summed E-state index contributed by atoms with van der Waals surface area (Å²) in [6.07, 6.45) is 10.7. The van der Waals surface area contributed by atoms with E-state index in [-0.39, 0.29) is 6.61 Å². The lowest BCUT2D eigenvalue weighted by atomic mass is 10.0. The maximum absolute atomic E-state index is 14.2. The quantitative estimate of drug-likeness (QED) is 0.271. The molecule has 5 aromatic rings. The van der Waals surface area contributed by atoms with Crippen LogP contribution in [-0.4, -0.2) is 69.2 Å². The number of hydrogen-bond acceptors (Lipinski definition) is 7. The van der Waals surface area contributed by atoms with Gasteiger partial charge in [-0.15, -0.1) is 11.5 Å². The first-order valence-electron chi connectivity index (χ1n) is 13.5. The number of fused-ring (bicyclic) bond motifs is 3. The molecule has 1 amide bonds. The SMILES string of the molecule is C#CCO[C@@H]1CN(c2ccc(-c3cc(OCC)cn4nc5[nH]ncc5c34)cn2)CC[C@@H]1NC(=O)c1c(F)cccc1F. The third-order valence-corrected chi connectivity index (χ3v) is 7.24. The molecule has 5 heterocycles. The molecular formula is C30H27F2N7O3. The highest BCUT2D eigenvalue weighted by Gasteiger charge is 2.33. The number of piperidine rings is 1. The average Bonchev–Trinajstić information content (AvgIpc) is 3.58. The van der Waals surface area contributed by atoms with Gasteiger partial charge < -0.3 is 19.7 Å². The van der Waals surface area contributed by atoms with Gasteiger partial charge in [0.25, 0.3) is 5.91 Å². The maximum atomic E-state index is 14.2. The second-order valence-corrected chi connectivity index (χ2v) is 9.82. The Balaban J connectivity index is 1.24. The third kappa shape index (κ3) is 5.10. The summed E-state index contributed by atoms with van der Waals surface area (Å²) in [6, 6.07) is 8.64. The molecule has 2 N–H and O–H groups in total. The molecule has 0 unspecified atom stereocenters. The summed E-state index contributed by atoms with van der Waals surface area (Å²) in [5.41, 5.74) is 2.67. The molecule has 1 fully saturated rings. The Labute approximate surface area is 239 Å². The number of amides is 1. The fourth-order valence-electron chi connectivity index (χ4n) is 5.31. The molecule has 0 spiro atoms. The van der Waals surface area contributed by atoms with Gasteiger partial charge in [-0.25, -0.2) is 18.3 Å². The summed E-state index contributed by atoms with van der Waals surface area (Å²) in [4.78, 5) is 19.5. The molecule has 2 atom stereocenters. The molecule has 1 aliphatic rings. The molecule has 0 saturated carbocycles. The van der Waals surface area contributed by atoms with Crippen LogP contribution in [-0.2, 0) is 4.74 Å². The number of carbonyl (C=O) groups excluding carboxylic acids is 1. The van der Waals surface area contributed by atoms with E-state index in [1.165, 1.54) is 6.07 Å². The number of rotatable bonds is 8. The number of halogens is 2. The van der Waals surface area contributed by atoms with Crippen molar-refractivity contribution in [2.24, 2.45) is 0 Å². The van der Waals surface area contributed by atoms with Crippen molar-refractivity contribution in [1.82, 2.24) is 30.1 Å². The molecule has 0 radical (unpaired) electrons. The summed E-state index contributed by atoms with van der Waals surface area (Å²) in [7, 11) is 0. The van der Waals surface area contributed by atoms with Crippen molar-refractivity contribution < 1.29 is 23.0 Å². The molecule has 1 saturated heterocycles. The van der Waals surface area contributed by atoms with Crippen LogP contribution >= 0.6 is 0 Å². The van der Waals surface area contributed by atoms with E-state index in [9.17, 15) is 13.6 Å². The number of pyridine rings is 2. The van der Waals surface area contributed by atoms with Crippen molar-refractivity contribution in [3.05, 3.63) is 72.2 Å². The van der Waals surface area contributed by atoms with Gasteiger partial charge in [0.1, 0.15) is 35.4 Å². The van der Waals surface area contributed by atoms with Gasteiger partial charge >= 0.3 is 0 Å². The van der Waals surface area contributed by atoms with E-state index >= 15 is 0 Å². The summed E-state index contributed by atoms with van der Waals surface area (Å²) in [5, 5.41) is 15.2. The molecular weight excluding hydrogens is 544 g/mol. The minimum absolute atomic E-state index is 0.0192. The van der Waals surface area contributed by atoms with Crippen LogP contribution in [0.2, 0.25) is 0 Å². The Morgan fingerprint density at radius 3 is 2.81 bits per heavy atom. The molecule has 42 heavy (non-hydrogen) atoms. The number of aromatic amines is 1. The van der Waals surface area contributed by atoms with Crippen LogP contribution in [0.5, 0.6) is 5.75 Å². The summed E-state index contributed by atoms with van der Waals surface area (Å²) < 4.78 is 41.8. The second kappa shape index (κ2) is 11.5. The van der Waals surface area contributed by atoms with Gasteiger partial charge in [-0.05, 0) is 43.7 Å². The zero-order chi connectivity index (χ0) is 29.2. The number of ether oxygens (including phenoxy) is 2. The first kappa shape index (κ1) is 27.2. The van der Waals surface area contributed by atoms with Crippen molar-refractivity contribution in [3.8, 4) is 29.2 Å². The lowest BCUT2D eigenvalue weighted by Crippen LogP contribution is -2.55. The number of hydrogen-bond donors (Lipinski definition) is 2. The van der Waals surface area contributed by atoms with Gasteiger partial charge in [0, 0.05) is 30.4 Å². The number of terminal acetylenes is 1. The molecule has 0 aliphatic carbocycles. The highest BCUT2D eigenvalue weighted by Crippen LogP contribution is 2.33. The topological polar surface area (TPSA) is 110 Å². The molecule has 1 aliphatic heterocycles. The smallest absolute Gasteiger partial charge is 0.257 e. The molecule has 6 rings (SSSR count). The van der Waals surface area contributed by atoms with Crippen LogP contribution in [0.4, 0.5) is 14.6 Å². The maximum Gasteiger partial charge on any atom is 0.257 e. The second-order valence-electron chi connectivity index (χ2n) is 9.82. The van der Waals surface area contributed by atoms with Gasteiger partial charge in [0.05, 0.1) is 42.0 Å². The van der Waals surface area contributed by atoms with E-state index in [2.05, 4.69) is 26.5 Å². The summed E-state index contributed by atoms with van der Waals surface area (Å²) in [5.74, 6) is 1.13. The van der Waals surface area contributed by atoms with Gasteiger partial charge in [0.2, 0.25) is 0 Å². The fourth-order valence-corrected chi connectivity index (χ4v) is 5.31. The number of benzene rings is 1. The molecule has 214 valence electrons. The Bertz CT molecular complexity index is 1770. The Morgan fingerprint density at radius 1 is 1.24 bits per heavy atom. The lowest BCUT2D eigenvalue weighted by Gasteiger charge is -2.39. The van der Waals surface area contributed by atoms with E-state index in [1.54, 1.807) is 16.9 Å². The fraction of sp³-hybridized carbons (Fsp3) is 0.267. The number of nitrogens with zero attached hydrogens (tertiary/aromatic N) is 5. The average molecular weight is 572 g/mol. The number of anilines is 1. The predicted octanol–water partition coefficient (Wildman–Crippen LogP) is 3.98. The Morgan fingerprint density at radius 2 is 2.07 bits per heavy atom. The largest absolute Gasteiger partial charge is 0.492 e. The standard InChI is InChI=1S/C30H27F2N7O3/c1-3-12-42-25-17-38(11-10-24(25)35-30(40)27-22(31)6-5-7-23(27)32)26-9-8-18(14-33-26)20-13-19(41-4-2)16-39-28(20)21-15-34-36-29(21)37-39/h1,5-9,13-16,24-25H,4,10-12,17H2,2H3,(H,35,40)(H,36,37)/t24-,25+/m0/s1. The van der Waals surface area contributed by atoms with E-state index in [0.717, 1.165) is 34.2 Å². The Kier molecular flexibility index (Phi) is 7.41. The highest BCUT2D eigenvalue weighted by atomic mass is 19.1. The van der Waals surface area contributed by atoms with Crippen LogP contribution in [0.3, 0.4) is 0 Å². The number of nitrogens with one attached hydrogen (secondary N) is 2. The normalized spacial score (nSPS) is 17.0. The monoisotopic (exact) mass is 571 g/mol. The van der Waals surface area contributed by atoms with Crippen LogP contribution in [0.15, 0.2) is 55.0 Å². The van der Waals surface area contributed by atoms with Crippen molar-refractivity contribution in [2.75, 3.05) is 31.2 Å². The molecule has 10 nitrogen and oxygen atoms in total. The van der Waals surface area contributed by atoms with Crippen molar-refractivity contribution >= 4 is 28.3 Å². The molecule has 1 aromatic carbocycles. The van der Waals surface area contributed by atoms with Gasteiger partial charge in [0.15, 0.2) is 5.65 Å². The van der Waals surface area contributed by atoms with Crippen LogP contribution < -0.4 is 15.0 Å². The predicted molar refractivity (Wildman–Crippen MR) is 152 cm³/mol. The minimum atomic E-state index is -0.927.